The Morgan fingerprint density at radius 1 is 0.919 bits per heavy atom. The second kappa shape index (κ2) is 13.1. The minimum Gasteiger partial charge on any atom is -0.480 e. The van der Waals surface area contributed by atoms with Crippen LogP contribution in [0.15, 0.2) is 65.8 Å². The zero-order valence-corrected chi connectivity index (χ0v) is 20.4. The van der Waals surface area contributed by atoms with Gasteiger partial charge in [-0.05, 0) is 36.5 Å². The van der Waals surface area contributed by atoms with Gasteiger partial charge in [0.2, 0.25) is 11.8 Å². The molecule has 11 heteroatoms. The number of carbonyl (C=O) groups excluding carboxylic acids is 2. The fourth-order valence-electron chi connectivity index (χ4n) is 4.00. The zero-order valence-electron chi connectivity index (χ0n) is 20.4. The third-order valence-electron chi connectivity index (χ3n) is 5.93. The molecule has 2 aromatic carbocycles. The van der Waals surface area contributed by atoms with Crippen molar-refractivity contribution in [1.82, 2.24) is 15.6 Å². The Balaban J connectivity index is 1.68. The Morgan fingerprint density at radius 3 is 2.30 bits per heavy atom. The number of aromatic amines is 1. The van der Waals surface area contributed by atoms with Crippen molar-refractivity contribution in [3.8, 4) is 0 Å². The maximum absolute atomic E-state index is 13.1. The third-order valence-corrected chi connectivity index (χ3v) is 5.93. The molecule has 0 aliphatic heterocycles. The maximum Gasteiger partial charge on any atom is 0.326 e. The second-order valence-corrected chi connectivity index (χ2v) is 8.77. The van der Waals surface area contributed by atoms with Crippen LogP contribution in [0.2, 0.25) is 0 Å². The van der Waals surface area contributed by atoms with E-state index in [4.69, 9.17) is 17.2 Å². The molecule has 0 bridgehead atoms. The summed E-state index contributed by atoms with van der Waals surface area (Å²) in [6.07, 6.45) is 2.72. The lowest BCUT2D eigenvalue weighted by Gasteiger charge is -2.23. The van der Waals surface area contributed by atoms with Crippen LogP contribution in [0, 0.1) is 0 Å². The Hall–Kier alpha value is -4.38. The smallest absolute Gasteiger partial charge is 0.326 e. The molecule has 0 aliphatic carbocycles. The Labute approximate surface area is 214 Å². The fraction of sp³-hybridized carbons (Fsp3) is 0.308. The highest BCUT2D eigenvalue weighted by Gasteiger charge is 2.28. The molecule has 3 atom stereocenters. The van der Waals surface area contributed by atoms with Crippen LogP contribution in [0.3, 0.4) is 0 Å². The molecule has 0 fully saturated rings. The average Bonchev–Trinajstić information content (AvgIpc) is 3.28. The van der Waals surface area contributed by atoms with Crippen LogP contribution in [0.1, 0.15) is 24.0 Å². The summed E-state index contributed by atoms with van der Waals surface area (Å²) >= 11 is 0. The number of guanidine groups is 1. The number of hydrogen-bond acceptors (Lipinski definition) is 5. The van der Waals surface area contributed by atoms with E-state index in [0.29, 0.717) is 6.42 Å². The number of carboxylic acids is 1. The number of fused-ring (bicyclic) bond motifs is 1. The number of benzene rings is 2. The molecular formula is C26H33N7O4. The van der Waals surface area contributed by atoms with Gasteiger partial charge >= 0.3 is 5.97 Å². The van der Waals surface area contributed by atoms with E-state index in [9.17, 15) is 19.5 Å². The Bertz CT molecular complexity index is 1240. The molecule has 0 saturated carbocycles. The molecular weight excluding hydrogens is 474 g/mol. The maximum atomic E-state index is 13.1. The number of hydrogen-bond donors (Lipinski definition) is 7. The number of aliphatic carboxylic acids is 1. The molecule has 0 saturated heterocycles. The van der Waals surface area contributed by atoms with E-state index in [1.165, 1.54) is 0 Å². The van der Waals surface area contributed by atoms with Crippen molar-refractivity contribution in [2.75, 3.05) is 6.54 Å². The highest BCUT2D eigenvalue weighted by molar-refractivity contribution is 5.92. The van der Waals surface area contributed by atoms with E-state index in [-0.39, 0.29) is 31.8 Å². The van der Waals surface area contributed by atoms with Gasteiger partial charge in [0.25, 0.3) is 0 Å². The van der Waals surface area contributed by atoms with Crippen LogP contribution in [-0.2, 0) is 27.2 Å². The first-order chi connectivity index (χ1) is 17.7. The van der Waals surface area contributed by atoms with Gasteiger partial charge < -0.3 is 37.9 Å². The SMILES string of the molecule is NC(N)=NCCC[C@H](NC(=O)[C@@H](N)Cc1c[nH]c2ccccc12)C(=O)N[C@@H](Cc1ccccc1)C(=O)O. The van der Waals surface area contributed by atoms with Gasteiger partial charge in [-0.2, -0.15) is 0 Å². The van der Waals surface area contributed by atoms with Crippen LogP contribution in [-0.4, -0.2) is 58.5 Å². The molecule has 3 rings (SSSR count). The highest BCUT2D eigenvalue weighted by atomic mass is 16.4. The predicted octanol–water partition coefficient (Wildman–Crippen LogP) is 0.388. The number of para-hydroxylation sites is 1. The summed E-state index contributed by atoms with van der Waals surface area (Å²) in [7, 11) is 0. The number of carboxylic acid groups (broad SMARTS) is 1. The zero-order chi connectivity index (χ0) is 26.8. The number of nitrogens with one attached hydrogen (secondary N) is 3. The monoisotopic (exact) mass is 507 g/mol. The molecule has 1 aromatic heterocycles. The van der Waals surface area contributed by atoms with Crippen molar-refractivity contribution >= 4 is 34.6 Å². The Morgan fingerprint density at radius 2 is 1.59 bits per heavy atom. The summed E-state index contributed by atoms with van der Waals surface area (Å²) in [4.78, 5) is 45.0. The van der Waals surface area contributed by atoms with Crippen molar-refractivity contribution in [3.63, 3.8) is 0 Å². The first-order valence-electron chi connectivity index (χ1n) is 12.0. The van der Waals surface area contributed by atoms with E-state index in [0.717, 1.165) is 22.0 Å². The van der Waals surface area contributed by atoms with Crippen molar-refractivity contribution < 1.29 is 19.5 Å². The minimum absolute atomic E-state index is 0.0837. The number of aliphatic imine (C=N–C) groups is 1. The van der Waals surface area contributed by atoms with E-state index < -0.39 is 35.9 Å². The molecule has 37 heavy (non-hydrogen) atoms. The Kier molecular flexibility index (Phi) is 9.61. The number of aromatic nitrogens is 1. The normalized spacial score (nSPS) is 13.3. The largest absolute Gasteiger partial charge is 0.480 e. The topological polar surface area (TPSA) is 202 Å². The molecule has 0 aliphatic rings. The quantitative estimate of drug-likeness (QED) is 0.0984. The second-order valence-electron chi connectivity index (χ2n) is 8.77. The van der Waals surface area contributed by atoms with Crippen LogP contribution >= 0.6 is 0 Å². The number of nitrogens with zero attached hydrogens (tertiary/aromatic N) is 1. The van der Waals surface area contributed by atoms with E-state index in [2.05, 4.69) is 20.6 Å². The summed E-state index contributed by atoms with van der Waals surface area (Å²) in [6.45, 7) is 0.246. The lowest BCUT2D eigenvalue weighted by atomic mass is 10.0. The molecule has 10 N–H and O–H groups in total. The first-order valence-corrected chi connectivity index (χ1v) is 12.0. The van der Waals surface area contributed by atoms with Crippen molar-refractivity contribution in [2.45, 2.75) is 43.8 Å². The van der Waals surface area contributed by atoms with Crippen molar-refractivity contribution in [2.24, 2.45) is 22.2 Å². The van der Waals surface area contributed by atoms with Gasteiger partial charge in [-0.25, -0.2) is 4.79 Å². The van der Waals surface area contributed by atoms with Gasteiger partial charge in [-0.1, -0.05) is 48.5 Å². The molecule has 0 unspecified atom stereocenters. The molecule has 11 nitrogen and oxygen atoms in total. The fourth-order valence-corrected chi connectivity index (χ4v) is 4.00. The van der Waals surface area contributed by atoms with Crippen LogP contribution < -0.4 is 27.8 Å². The molecule has 0 radical (unpaired) electrons. The number of H-pyrrole nitrogens is 1. The van der Waals surface area contributed by atoms with Gasteiger partial charge in [0.05, 0.1) is 6.04 Å². The standard InChI is InChI=1S/C26H33N7O4/c27-19(14-17-15-31-20-10-5-4-9-18(17)20)23(34)32-21(11-6-12-30-26(28)29)24(35)33-22(25(36)37)13-16-7-2-1-3-8-16/h1-5,7-10,15,19,21-22,31H,6,11-14,27H2,(H,32,34)(H,33,35)(H,36,37)(H4,28,29,30)/t19-,21-,22-/m0/s1. The van der Waals surface area contributed by atoms with Crippen LogP contribution in [0.25, 0.3) is 10.9 Å². The van der Waals surface area contributed by atoms with Crippen molar-refractivity contribution in [1.29, 1.82) is 0 Å². The van der Waals surface area contributed by atoms with Gasteiger partial charge in [0, 0.05) is 30.1 Å². The average molecular weight is 508 g/mol. The third kappa shape index (κ3) is 8.07. The van der Waals surface area contributed by atoms with Gasteiger partial charge in [-0.15, -0.1) is 0 Å². The molecule has 3 aromatic rings. The first kappa shape index (κ1) is 27.2. The molecule has 196 valence electrons. The summed E-state index contributed by atoms with van der Waals surface area (Å²) in [5.74, 6) is -2.42. The number of rotatable bonds is 13. The lowest BCUT2D eigenvalue weighted by molar-refractivity contribution is -0.142. The number of carbonyl (C=O) groups is 3. The number of nitrogens with two attached hydrogens (primary N) is 3. The van der Waals surface area contributed by atoms with Crippen LogP contribution in [0.4, 0.5) is 0 Å². The highest BCUT2D eigenvalue weighted by Crippen LogP contribution is 2.19. The van der Waals surface area contributed by atoms with Crippen LogP contribution in [0.5, 0.6) is 0 Å². The van der Waals surface area contributed by atoms with Crippen molar-refractivity contribution in [3.05, 3.63) is 71.9 Å². The summed E-state index contributed by atoms with van der Waals surface area (Å²) in [6, 6.07) is 13.5. The van der Waals surface area contributed by atoms with Gasteiger partial charge in [0.1, 0.15) is 12.1 Å². The van der Waals surface area contributed by atoms with E-state index in [1.807, 2.05) is 30.3 Å². The predicted molar refractivity (Wildman–Crippen MR) is 142 cm³/mol. The summed E-state index contributed by atoms with van der Waals surface area (Å²) in [5, 5.41) is 15.9. The van der Waals surface area contributed by atoms with E-state index in [1.54, 1.807) is 30.5 Å². The lowest BCUT2D eigenvalue weighted by Crippen LogP contribution is -2.55. The minimum atomic E-state index is -1.18. The summed E-state index contributed by atoms with van der Waals surface area (Å²) < 4.78 is 0. The molecule has 0 spiro atoms. The van der Waals surface area contributed by atoms with E-state index >= 15 is 0 Å². The number of amides is 2. The summed E-state index contributed by atoms with van der Waals surface area (Å²) in [5.41, 5.74) is 19.5. The van der Waals surface area contributed by atoms with Gasteiger partial charge in [0.15, 0.2) is 5.96 Å². The van der Waals surface area contributed by atoms with Gasteiger partial charge in [-0.3, -0.25) is 14.6 Å². The molecule has 2 amide bonds. The molecule has 1 heterocycles.